The van der Waals surface area contributed by atoms with Crippen molar-refractivity contribution in [2.24, 2.45) is 0 Å². The molecule has 1 unspecified atom stereocenters. The van der Waals surface area contributed by atoms with Gasteiger partial charge in [-0.1, -0.05) is 0 Å². The van der Waals surface area contributed by atoms with E-state index in [1.54, 1.807) is 25.1 Å². The summed E-state index contributed by atoms with van der Waals surface area (Å²) < 4.78 is 10.8. The van der Waals surface area contributed by atoms with Gasteiger partial charge in [-0.3, -0.25) is 34.2 Å². The lowest BCUT2D eigenvalue weighted by atomic mass is 10.0. The van der Waals surface area contributed by atoms with E-state index in [1.807, 2.05) is 33.0 Å². The number of nitrogens with one attached hydrogen (secondary N) is 3. The van der Waals surface area contributed by atoms with Crippen molar-refractivity contribution in [1.29, 1.82) is 0 Å². The average molecular weight is 505 g/mol. The van der Waals surface area contributed by atoms with Gasteiger partial charge in [0, 0.05) is 31.8 Å². The van der Waals surface area contributed by atoms with Gasteiger partial charge in [0.05, 0.1) is 28.9 Å². The zero-order valence-corrected chi connectivity index (χ0v) is 21.7. The maximum atomic E-state index is 13.0. The van der Waals surface area contributed by atoms with Gasteiger partial charge in [-0.15, -0.1) is 0 Å². The van der Waals surface area contributed by atoms with Crippen LogP contribution in [0.15, 0.2) is 18.2 Å². The van der Waals surface area contributed by atoms with E-state index in [0.29, 0.717) is 30.8 Å². The molecule has 0 aliphatic carbocycles. The van der Waals surface area contributed by atoms with Crippen LogP contribution in [-0.2, 0) is 23.9 Å². The summed E-state index contributed by atoms with van der Waals surface area (Å²) in [5, 5.41) is 8.15. The fraction of sp³-hybridized carbons (Fsp3) is 0.560. The molecule has 5 amide bonds. The molecule has 11 nitrogen and oxygen atoms in total. The van der Waals surface area contributed by atoms with Gasteiger partial charge in [-0.25, -0.2) is 0 Å². The molecule has 1 atom stereocenters. The third-order valence-corrected chi connectivity index (χ3v) is 5.66. The Hall–Kier alpha value is -3.31. The van der Waals surface area contributed by atoms with Gasteiger partial charge in [0.1, 0.15) is 6.61 Å². The molecule has 0 radical (unpaired) electrons. The first kappa shape index (κ1) is 28.9. The second-order valence-corrected chi connectivity index (χ2v) is 10.1. The Morgan fingerprint density at radius 1 is 1.08 bits per heavy atom. The number of ether oxygens (including phenoxy) is 2. The van der Waals surface area contributed by atoms with E-state index in [2.05, 4.69) is 10.6 Å². The van der Waals surface area contributed by atoms with Crippen LogP contribution in [0.25, 0.3) is 0 Å². The summed E-state index contributed by atoms with van der Waals surface area (Å²) in [7, 11) is 1.45. The van der Waals surface area contributed by atoms with E-state index >= 15 is 0 Å². The number of imide groups is 2. The highest BCUT2D eigenvalue weighted by atomic mass is 16.5. The summed E-state index contributed by atoms with van der Waals surface area (Å²) in [6, 6.07) is 4.46. The number of carbonyl (C=O) groups is 5. The number of methoxy groups -OCH3 is 1. The topological polar surface area (TPSA) is 143 Å². The Morgan fingerprint density at radius 3 is 2.39 bits per heavy atom. The maximum Gasteiger partial charge on any atom is 0.261 e. The van der Waals surface area contributed by atoms with Crippen LogP contribution >= 0.6 is 0 Å². The van der Waals surface area contributed by atoms with Crippen molar-refractivity contribution >= 4 is 35.7 Å². The second kappa shape index (κ2) is 12.1. The van der Waals surface area contributed by atoms with E-state index in [9.17, 15) is 24.0 Å². The number of hydrogen-bond acceptors (Lipinski definition) is 8. The Balaban J connectivity index is 2.01. The zero-order valence-electron chi connectivity index (χ0n) is 21.7. The number of nitrogens with zero attached hydrogens (tertiary/aromatic N) is 1. The van der Waals surface area contributed by atoms with Crippen LogP contribution in [0.2, 0.25) is 0 Å². The highest BCUT2D eigenvalue weighted by Gasteiger charge is 2.39. The maximum absolute atomic E-state index is 13.0. The van der Waals surface area contributed by atoms with Crippen LogP contribution in [0, 0.1) is 0 Å². The Labute approximate surface area is 211 Å². The van der Waals surface area contributed by atoms with Crippen LogP contribution in [0.5, 0.6) is 0 Å². The van der Waals surface area contributed by atoms with Gasteiger partial charge in [0.25, 0.3) is 11.8 Å². The molecule has 3 N–H and O–H groups in total. The molecule has 0 spiro atoms. The molecule has 36 heavy (non-hydrogen) atoms. The lowest BCUT2D eigenvalue weighted by molar-refractivity contribution is -0.127. The molecular formula is C25H36N4O7. The van der Waals surface area contributed by atoms with Crippen molar-refractivity contribution in [2.75, 3.05) is 32.2 Å². The van der Waals surface area contributed by atoms with E-state index in [4.69, 9.17) is 9.47 Å². The van der Waals surface area contributed by atoms with Gasteiger partial charge in [0.15, 0.2) is 0 Å². The predicted molar refractivity (Wildman–Crippen MR) is 132 cm³/mol. The van der Waals surface area contributed by atoms with Gasteiger partial charge < -0.3 is 20.1 Å². The normalized spacial score (nSPS) is 14.3. The van der Waals surface area contributed by atoms with Gasteiger partial charge in [-0.2, -0.15) is 0 Å². The smallest absolute Gasteiger partial charge is 0.261 e. The summed E-state index contributed by atoms with van der Waals surface area (Å²) in [5.41, 5.74) is 0.0765. The van der Waals surface area contributed by atoms with E-state index in [-0.39, 0.29) is 30.9 Å². The highest BCUT2D eigenvalue weighted by Crippen LogP contribution is 2.29. The fourth-order valence-corrected chi connectivity index (χ4v) is 3.69. The van der Waals surface area contributed by atoms with Crippen molar-refractivity contribution in [2.45, 2.75) is 64.6 Å². The van der Waals surface area contributed by atoms with Crippen LogP contribution in [0.1, 0.15) is 68.2 Å². The molecule has 1 heterocycles. The molecule has 1 aliphatic heterocycles. The molecule has 1 aromatic carbocycles. The Kier molecular flexibility index (Phi) is 9.71. The lowest BCUT2D eigenvalue weighted by Crippen LogP contribution is -2.46. The van der Waals surface area contributed by atoms with E-state index in [0.717, 1.165) is 4.90 Å². The van der Waals surface area contributed by atoms with E-state index < -0.39 is 34.9 Å². The minimum absolute atomic E-state index is 0.0146. The summed E-state index contributed by atoms with van der Waals surface area (Å²) in [4.78, 5) is 60.6. The molecule has 2 rings (SSSR count). The van der Waals surface area contributed by atoms with E-state index in [1.165, 1.54) is 7.11 Å². The summed E-state index contributed by atoms with van der Waals surface area (Å²) in [5.74, 6) is -1.53. The molecule has 0 saturated heterocycles. The molecule has 11 heteroatoms. The molecule has 0 bridgehead atoms. The van der Waals surface area contributed by atoms with Crippen molar-refractivity contribution in [3.05, 3.63) is 29.3 Å². The summed E-state index contributed by atoms with van der Waals surface area (Å²) >= 11 is 0. The first-order chi connectivity index (χ1) is 16.8. The number of hydrogen-bond donors (Lipinski definition) is 3. The molecule has 0 aromatic heterocycles. The Morgan fingerprint density at radius 2 is 1.75 bits per heavy atom. The largest absolute Gasteiger partial charge is 0.378 e. The predicted octanol–water partition coefficient (Wildman–Crippen LogP) is 1.47. The first-order valence-electron chi connectivity index (χ1n) is 11.7. The number of carbonyl (C=O) groups excluding carboxylic acids is 5. The minimum atomic E-state index is -0.623. The molecule has 1 aromatic rings. The standard InChI is InChI=1S/C25H36N4O7/c1-16(7-10-20(31)27-15-30)29-22(33)18-9-8-17(11-19(18)23(29)34)28-24(2,3)14-36-25(4,5)13-26-21(32)12-35-6/h8-9,11,15-16,28H,7,10,12-14H2,1-6H3,(H,26,32)(H,27,30,31). The minimum Gasteiger partial charge on any atom is -0.378 e. The molecule has 1 aliphatic rings. The molecule has 198 valence electrons. The molecular weight excluding hydrogens is 468 g/mol. The average Bonchev–Trinajstić information content (AvgIpc) is 3.05. The zero-order chi connectivity index (χ0) is 27.1. The van der Waals surface area contributed by atoms with Crippen molar-refractivity contribution in [1.82, 2.24) is 15.5 Å². The quantitative estimate of drug-likeness (QED) is 0.255. The Bertz CT molecular complexity index is 1010. The van der Waals surface area contributed by atoms with Gasteiger partial charge in [0.2, 0.25) is 18.2 Å². The SMILES string of the molecule is COCC(=O)NCC(C)(C)OCC(C)(C)Nc1ccc2c(c1)C(=O)N(C(C)CCC(=O)NC=O)C2=O. The monoisotopic (exact) mass is 504 g/mol. The van der Waals surface area contributed by atoms with Crippen LogP contribution in [0.4, 0.5) is 5.69 Å². The first-order valence-corrected chi connectivity index (χ1v) is 11.7. The summed E-state index contributed by atoms with van der Waals surface area (Å²) in [6.07, 6.45) is 0.557. The van der Waals surface area contributed by atoms with Crippen LogP contribution in [-0.4, -0.2) is 79.0 Å². The van der Waals surface area contributed by atoms with Crippen LogP contribution < -0.4 is 16.0 Å². The van der Waals surface area contributed by atoms with Crippen LogP contribution in [0.3, 0.4) is 0 Å². The van der Waals surface area contributed by atoms with Gasteiger partial charge >= 0.3 is 0 Å². The van der Waals surface area contributed by atoms with Crippen molar-refractivity contribution in [3.8, 4) is 0 Å². The summed E-state index contributed by atoms with van der Waals surface area (Å²) in [6.45, 7) is 9.89. The van der Waals surface area contributed by atoms with Crippen molar-refractivity contribution < 1.29 is 33.4 Å². The molecule has 0 fully saturated rings. The number of rotatable bonds is 14. The number of amides is 5. The number of anilines is 1. The molecule has 0 saturated carbocycles. The van der Waals surface area contributed by atoms with Gasteiger partial charge in [-0.05, 0) is 59.2 Å². The number of fused-ring (bicyclic) bond motifs is 1. The second-order valence-electron chi connectivity index (χ2n) is 10.1. The third-order valence-electron chi connectivity index (χ3n) is 5.66. The highest BCUT2D eigenvalue weighted by molar-refractivity contribution is 6.22. The third kappa shape index (κ3) is 7.85. The number of benzene rings is 1. The lowest BCUT2D eigenvalue weighted by Gasteiger charge is -2.33. The fourth-order valence-electron chi connectivity index (χ4n) is 3.69. The van der Waals surface area contributed by atoms with Crippen molar-refractivity contribution in [3.63, 3.8) is 0 Å².